The van der Waals surface area contributed by atoms with Crippen LogP contribution in [0, 0.1) is 11.8 Å². The van der Waals surface area contributed by atoms with Gasteiger partial charge in [0.15, 0.2) is 5.11 Å². The average molecular weight is 285 g/mol. The highest BCUT2D eigenvalue weighted by Crippen LogP contribution is 2.23. The fourth-order valence-electron chi connectivity index (χ4n) is 2.16. The molecule has 0 radical (unpaired) electrons. The van der Waals surface area contributed by atoms with E-state index in [0.717, 1.165) is 25.7 Å². The molecule has 0 bridgehead atoms. The van der Waals surface area contributed by atoms with Gasteiger partial charge in [-0.15, -0.1) is 0 Å². The lowest BCUT2D eigenvalue weighted by Crippen LogP contribution is -2.50. The Morgan fingerprint density at radius 3 is 2.37 bits per heavy atom. The van der Waals surface area contributed by atoms with Gasteiger partial charge in [0.2, 0.25) is 11.8 Å². The fraction of sp³-hybridized carbons (Fsp3) is 0.769. The van der Waals surface area contributed by atoms with E-state index < -0.39 is 0 Å². The van der Waals surface area contributed by atoms with E-state index in [1.54, 1.807) is 0 Å². The van der Waals surface area contributed by atoms with Crippen molar-refractivity contribution in [2.75, 3.05) is 0 Å². The van der Waals surface area contributed by atoms with Crippen LogP contribution in [0.4, 0.5) is 0 Å². The lowest BCUT2D eigenvalue weighted by molar-refractivity contribution is -0.126. The average Bonchev–Trinajstić information content (AvgIpc) is 2.36. The molecule has 0 spiro atoms. The first-order valence-corrected chi connectivity index (χ1v) is 7.29. The number of carbonyl (C=O) groups is 2. The van der Waals surface area contributed by atoms with Crippen LogP contribution in [-0.2, 0) is 9.59 Å². The zero-order valence-electron chi connectivity index (χ0n) is 11.6. The second-order valence-electron chi connectivity index (χ2n) is 5.42. The summed E-state index contributed by atoms with van der Waals surface area (Å²) < 4.78 is 0. The zero-order chi connectivity index (χ0) is 14.3. The molecule has 0 aromatic carbocycles. The maximum atomic E-state index is 11.8. The maximum Gasteiger partial charge on any atom is 0.241 e. The Balaban J connectivity index is 2.22. The molecule has 1 aliphatic carbocycles. The van der Waals surface area contributed by atoms with Gasteiger partial charge in [0.05, 0.1) is 0 Å². The molecule has 2 amide bonds. The summed E-state index contributed by atoms with van der Waals surface area (Å²) in [7, 11) is 0. The lowest BCUT2D eigenvalue weighted by Gasteiger charge is -2.21. The Bertz CT molecular complexity index is 339. The summed E-state index contributed by atoms with van der Waals surface area (Å²) in [5.74, 6) is 0.162. The van der Waals surface area contributed by atoms with Crippen LogP contribution in [0.3, 0.4) is 0 Å². The lowest BCUT2D eigenvalue weighted by atomic mass is 9.89. The Morgan fingerprint density at radius 1 is 1.16 bits per heavy atom. The smallest absolute Gasteiger partial charge is 0.241 e. The second-order valence-corrected chi connectivity index (χ2v) is 5.83. The Labute approximate surface area is 119 Å². The topological polar surface area (TPSA) is 70.2 Å². The fourth-order valence-corrected chi connectivity index (χ4v) is 2.33. The van der Waals surface area contributed by atoms with Crippen LogP contribution < -0.4 is 16.2 Å². The van der Waals surface area contributed by atoms with Crippen molar-refractivity contribution in [2.45, 2.75) is 52.4 Å². The zero-order valence-corrected chi connectivity index (χ0v) is 12.4. The van der Waals surface area contributed by atoms with E-state index in [9.17, 15) is 9.59 Å². The van der Waals surface area contributed by atoms with Crippen LogP contribution in [0.15, 0.2) is 0 Å². The molecule has 1 fully saturated rings. The highest BCUT2D eigenvalue weighted by molar-refractivity contribution is 7.80. The largest absolute Gasteiger partial charge is 0.302 e. The Hall–Kier alpha value is -1.17. The van der Waals surface area contributed by atoms with E-state index in [4.69, 9.17) is 12.2 Å². The minimum absolute atomic E-state index is 0.0415. The van der Waals surface area contributed by atoms with E-state index in [1.807, 2.05) is 13.8 Å². The van der Waals surface area contributed by atoms with Crippen molar-refractivity contribution in [1.29, 1.82) is 0 Å². The number of rotatable bonds is 3. The molecule has 1 saturated carbocycles. The SMILES string of the molecule is CC(C)CC(=O)NC(=S)NNC(=O)C1CCCCC1. The first-order chi connectivity index (χ1) is 8.99. The molecule has 5 nitrogen and oxygen atoms in total. The van der Waals surface area contributed by atoms with Crippen molar-refractivity contribution in [3.05, 3.63) is 0 Å². The molecule has 1 aliphatic rings. The molecule has 3 N–H and O–H groups in total. The van der Waals surface area contributed by atoms with Crippen molar-refractivity contribution >= 4 is 29.1 Å². The second kappa shape index (κ2) is 8.09. The summed E-state index contributed by atoms with van der Waals surface area (Å²) in [6, 6.07) is 0. The Kier molecular flexibility index (Phi) is 6.77. The number of carbonyl (C=O) groups excluding carboxylic acids is 2. The van der Waals surface area contributed by atoms with Crippen molar-refractivity contribution in [2.24, 2.45) is 11.8 Å². The minimum atomic E-state index is -0.139. The molecule has 1 rings (SSSR count). The van der Waals surface area contributed by atoms with Gasteiger partial charge >= 0.3 is 0 Å². The monoisotopic (exact) mass is 285 g/mol. The molecule has 108 valence electrons. The maximum absolute atomic E-state index is 11.8. The van der Waals surface area contributed by atoms with Crippen LogP contribution in [0.5, 0.6) is 0 Å². The molecule has 0 unspecified atom stereocenters. The number of hydrogen-bond acceptors (Lipinski definition) is 3. The molecule has 6 heteroatoms. The van der Waals surface area contributed by atoms with Gasteiger partial charge in [-0.2, -0.15) is 0 Å². The van der Waals surface area contributed by atoms with Gasteiger partial charge in [-0.3, -0.25) is 20.4 Å². The summed E-state index contributed by atoms with van der Waals surface area (Å²) in [6.07, 6.45) is 5.69. The van der Waals surface area contributed by atoms with E-state index in [0.29, 0.717) is 6.42 Å². The molecule has 19 heavy (non-hydrogen) atoms. The van der Waals surface area contributed by atoms with Gasteiger partial charge in [-0.05, 0) is 31.0 Å². The van der Waals surface area contributed by atoms with Crippen molar-refractivity contribution < 1.29 is 9.59 Å². The van der Waals surface area contributed by atoms with Crippen molar-refractivity contribution in [3.8, 4) is 0 Å². The number of nitrogens with one attached hydrogen (secondary N) is 3. The molecule has 0 aromatic rings. The third-order valence-electron chi connectivity index (χ3n) is 3.12. The van der Waals surface area contributed by atoms with Crippen LogP contribution in [-0.4, -0.2) is 16.9 Å². The first kappa shape index (κ1) is 15.9. The van der Waals surface area contributed by atoms with Gasteiger partial charge in [-0.1, -0.05) is 33.1 Å². The quantitative estimate of drug-likeness (QED) is 0.544. The van der Waals surface area contributed by atoms with Gasteiger partial charge in [-0.25, -0.2) is 0 Å². The predicted molar refractivity (Wildman–Crippen MR) is 78.0 cm³/mol. The predicted octanol–water partition coefficient (Wildman–Crippen LogP) is 1.63. The van der Waals surface area contributed by atoms with Crippen molar-refractivity contribution in [1.82, 2.24) is 16.2 Å². The first-order valence-electron chi connectivity index (χ1n) is 6.88. The van der Waals surface area contributed by atoms with Crippen LogP contribution >= 0.6 is 12.2 Å². The summed E-state index contributed by atoms with van der Waals surface area (Å²) in [6.45, 7) is 3.92. The third kappa shape index (κ3) is 6.52. The normalized spacial score (nSPS) is 15.9. The van der Waals surface area contributed by atoms with Gasteiger partial charge in [0.25, 0.3) is 0 Å². The van der Waals surface area contributed by atoms with Gasteiger partial charge < -0.3 is 5.32 Å². The molecule has 0 atom stereocenters. The highest BCUT2D eigenvalue weighted by Gasteiger charge is 2.21. The van der Waals surface area contributed by atoms with E-state index >= 15 is 0 Å². The summed E-state index contributed by atoms with van der Waals surface area (Å²) in [4.78, 5) is 23.3. The summed E-state index contributed by atoms with van der Waals surface area (Å²) >= 11 is 4.95. The molecule has 0 aliphatic heterocycles. The third-order valence-corrected chi connectivity index (χ3v) is 3.33. The summed E-state index contributed by atoms with van der Waals surface area (Å²) in [5.41, 5.74) is 5.15. The van der Waals surface area contributed by atoms with Gasteiger partial charge in [0, 0.05) is 12.3 Å². The summed E-state index contributed by atoms with van der Waals surface area (Å²) in [5, 5.41) is 2.68. The standard InChI is InChI=1S/C13H23N3O2S/c1-9(2)8-11(17)14-13(19)16-15-12(18)10-6-4-3-5-7-10/h9-10H,3-8H2,1-2H3,(H,15,18)(H2,14,16,17,19). The van der Waals surface area contributed by atoms with E-state index in [2.05, 4.69) is 16.2 Å². The number of hydrazine groups is 1. The van der Waals surface area contributed by atoms with E-state index in [-0.39, 0.29) is 28.8 Å². The molecule has 0 saturated heterocycles. The van der Waals surface area contributed by atoms with Crippen LogP contribution in [0.2, 0.25) is 0 Å². The number of thiocarbonyl (C=S) groups is 1. The van der Waals surface area contributed by atoms with Gasteiger partial charge in [0.1, 0.15) is 0 Å². The number of hydrogen-bond donors (Lipinski definition) is 3. The number of amides is 2. The highest BCUT2D eigenvalue weighted by atomic mass is 32.1. The molecular formula is C13H23N3O2S. The molecule has 0 aromatic heterocycles. The molecule has 0 heterocycles. The Morgan fingerprint density at radius 2 is 1.79 bits per heavy atom. The molecular weight excluding hydrogens is 262 g/mol. The van der Waals surface area contributed by atoms with Crippen LogP contribution in [0.1, 0.15) is 52.4 Å². The van der Waals surface area contributed by atoms with Crippen LogP contribution in [0.25, 0.3) is 0 Å². The van der Waals surface area contributed by atoms with Crippen molar-refractivity contribution in [3.63, 3.8) is 0 Å². The van der Waals surface area contributed by atoms with E-state index in [1.165, 1.54) is 6.42 Å². The minimum Gasteiger partial charge on any atom is -0.302 e.